The maximum Gasteiger partial charge on any atom is 0.408 e. The van der Waals surface area contributed by atoms with Crippen molar-refractivity contribution in [2.24, 2.45) is 0 Å². The minimum atomic E-state index is -2.97. The van der Waals surface area contributed by atoms with Gasteiger partial charge in [0.2, 0.25) is 0 Å². The van der Waals surface area contributed by atoms with Gasteiger partial charge in [0.25, 0.3) is 0 Å². The number of nitrogens with zero attached hydrogens (tertiary/aromatic N) is 1. The zero-order chi connectivity index (χ0) is 10.1. The lowest BCUT2D eigenvalue weighted by atomic mass is 10.3. The Kier molecular flexibility index (Phi) is 3.18. The Balaban J connectivity index is 2.64. The van der Waals surface area contributed by atoms with Crippen molar-refractivity contribution in [3.63, 3.8) is 0 Å². The monoisotopic (exact) mass is 207 g/mol. The van der Waals surface area contributed by atoms with Crippen molar-refractivity contribution >= 4 is 7.75 Å². The van der Waals surface area contributed by atoms with Gasteiger partial charge in [0.05, 0.1) is 13.2 Å². The van der Waals surface area contributed by atoms with Crippen LogP contribution in [0.2, 0.25) is 0 Å². The van der Waals surface area contributed by atoms with E-state index in [1.165, 1.54) is 0 Å². The summed E-state index contributed by atoms with van der Waals surface area (Å²) in [6.07, 6.45) is 0. The number of hydrogen-bond acceptors (Lipinski definition) is 3. The van der Waals surface area contributed by atoms with E-state index in [-0.39, 0.29) is 5.54 Å². The quantitative estimate of drug-likeness (QED) is 0.512. The summed E-state index contributed by atoms with van der Waals surface area (Å²) in [6, 6.07) is 0. The molecule has 1 fully saturated rings. The maximum absolute atomic E-state index is 12.1. The largest absolute Gasteiger partial charge is 0.408 e. The lowest BCUT2D eigenvalue weighted by molar-refractivity contribution is 0.191. The molecule has 0 aromatic heterocycles. The molecule has 4 nitrogen and oxygen atoms in total. The predicted octanol–water partition coefficient (Wildman–Crippen LogP) is 2.26. The molecule has 0 aliphatic carbocycles. The van der Waals surface area contributed by atoms with Crippen LogP contribution in [0.4, 0.5) is 0 Å². The first-order valence-electron chi connectivity index (χ1n) is 4.63. The van der Waals surface area contributed by atoms with Crippen molar-refractivity contribution in [3.8, 4) is 0 Å². The molecule has 1 atom stereocenters. The second kappa shape index (κ2) is 3.70. The molecule has 0 aromatic carbocycles. The maximum atomic E-state index is 12.1. The summed E-state index contributed by atoms with van der Waals surface area (Å²) in [6.45, 7) is 9.32. The Hall–Kier alpha value is 0.110. The summed E-state index contributed by atoms with van der Waals surface area (Å²) in [5.74, 6) is 0. The third-order valence-corrected chi connectivity index (χ3v) is 4.46. The Labute approximate surface area is 79.8 Å². The van der Waals surface area contributed by atoms with Crippen molar-refractivity contribution in [2.75, 3.05) is 19.8 Å². The van der Waals surface area contributed by atoms with E-state index in [1.807, 2.05) is 27.7 Å². The van der Waals surface area contributed by atoms with Crippen molar-refractivity contribution < 1.29 is 13.6 Å². The van der Waals surface area contributed by atoms with E-state index in [0.29, 0.717) is 13.2 Å². The van der Waals surface area contributed by atoms with Gasteiger partial charge in [-0.15, -0.1) is 0 Å². The van der Waals surface area contributed by atoms with Gasteiger partial charge >= 0.3 is 7.75 Å². The molecular formula is C8H18NO3P. The van der Waals surface area contributed by atoms with E-state index < -0.39 is 7.75 Å². The molecular weight excluding hydrogens is 189 g/mol. The summed E-state index contributed by atoms with van der Waals surface area (Å²) < 4.78 is 24.2. The summed E-state index contributed by atoms with van der Waals surface area (Å²) in [5, 5.41) is 0. The van der Waals surface area contributed by atoms with Gasteiger partial charge in [-0.3, -0.25) is 9.05 Å². The van der Waals surface area contributed by atoms with Crippen LogP contribution in [0, 0.1) is 0 Å². The van der Waals surface area contributed by atoms with Crippen LogP contribution in [-0.2, 0) is 13.6 Å². The lowest BCUT2D eigenvalue weighted by Gasteiger charge is -2.19. The predicted molar refractivity (Wildman–Crippen MR) is 51.6 cm³/mol. The minimum Gasteiger partial charge on any atom is -0.297 e. The molecule has 1 aliphatic rings. The fraction of sp³-hybridized carbons (Fsp3) is 1.00. The Morgan fingerprint density at radius 2 is 1.69 bits per heavy atom. The van der Waals surface area contributed by atoms with Crippen LogP contribution in [0.3, 0.4) is 0 Å². The second-order valence-corrected chi connectivity index (χ2v) is 5.61. The van der Waals surface area contributed by atoms with Gasteiger partial charge in [-0.05, 0) is 27.7 Å². The van der Waals surface area contributed by atoms with Gasteiger partial charge in [-0.1, -0.05) is 0 Å². The van der Waals surface area contributed by atoms with Gasteiger partial charge in [-0.2, -0.15) is 0 Å². The molecule has 1 rings (SSSR count). The van der Waals surface area contributed by atoms with Crippen LogP contribution in [0.25, 0.3) is 0 Å². The van der Waals surface area contributed by atoms with Crippen molar-refractivity contribution in [3.05, 3.63) is 0 Å². The molecule has 1 heterocycles. The highest BCUT2D eigenvalue weighted by Crippen LogP contribution is 2.62. The number of hydrogen-bond donors (Lipinski definition) is 0. The molecule has 0 bridgehead atoms. The van der Waals surface area contributed by atoms with Gasteiger partial charge < -0.3 is 0 Å². The Bertz CT molecular complexity index is 219. The van der Waals surface area contributed by atoms with Crippen LogP contribution >= 0.6 is 7.75 Å². The van der Waals surface area contributed by atoms with Crippen molar-refractivity contribution in [1.82, 2.24) is 4.67 Å². The average molecular weight is 207 g/mol. The molecule has 0 aromatic rings. The molecule has 1 aliphatic heterocycles. The SMILES string of the molecule is CCOP(=O)(OCC)N1CC1(C)C. The van der Waals surface area contributed by atoms with E-state index >= 15 is 0 Å². The normalized spacial score (nSPS) is 26.0. The Morgan fingerprint density at radius 3 is 1.92 bits per heavy atom. The molecule has 0 N–H and O–H groups in total. The molecule has 0 saturated carbocycles. The highest BCUT2D eigenvalue weighted by atomic mass is 31.2. The highest BCUT2D eigenvalue weighted by Gasteiger charge is 2.55. The van der Waals surface area contributed by atoms with E-state index in [4.69, 9.17) is 9.05 Å². The van der Waals surface area contributed by atoms with Crippen LogP contribution < -0.4 is 0 Å². The standard InChI is InChI=1S/C8H18NO3P/c1-5-11-13(10,12-6-2)9-7-8(9,3)4/h5-7H2,1-4H3. The zero-order valence-electron chi connectivity index (χ0n) is 8.74. The van der Waals surface area contributed by atoms with E-state index in [9.17, 15) is 4.57 Å². The van der Waals surface area contributed by atoms with Crippen LogP contribution in [0.1, 0.15) is 27.7 Å². The fourth-order valence-electron chi connectivity index (χ4n) is 1.25. The second-order valence-electron chi connectivity index (χ2n) is 3.67. The molecule has 78 valence electrons. The van der Waals surface area contributed by atoms with Gasteiger partial charge in [0, 0.05) is 12.1 Å². The number of rotatable bonds is 5. The van der Waals surface area contributed by atoms with Crippen LogP contribution in [0.5, 0.6) is 0 Å². The average Bonchev–Trinajstić information content (AvgIpc) is 2.62. The summed E-state index contributed by atoms with van der Waals surface area (Å²) in [4.78, 5) is 0. The van der Waals surface area contributed by atoms with E-state index in [0.717, 1.165) is 6.54 Å². The fourth-order valence-corrected chi connectivity index (χ4v) is 3.44. The molecule has 0 amide bonds. The molecule has 5 heteroatoms. The van der Waals surface area contributed by atoms with Gasteiger partial charge in [-0.25, -0.2) is 9.24 Å². The minimum absolute atomic E-state index is 0.0279. The summed E-state index contributed by atoms with van der Waals surface area (Å²) >= 11 is 0. The first kappa shape index (κ1) is 11.2. The van der Waals surface area contributed by atoms with Crippen LogP contribution in [-0.4, -0.2) is 30.0 Å². The summed E-state index contributed by atoms with van der Waals surface area (Å²) in [5.41, 5.74) is -0.0279. The first-order chi connectivity index (χ1) is 5.96. The lowest BCUT2D eigenvalue weighted by Crippen LogP contribution is -2.11. The third kappa shape index (κ3) is 2.32. The zero-order valence-corrected chi connectivity index (χ0v) is 9.63. The van der Waals surface area contributed by atoms with Crippen molar-refractivity contribution in [1.29, 1.82) is 0 Å². The molecule has 1 saturated heterocycles. The topological polar surface area (TPSA) is 38.5 Å². The van der Waals surface area contributed by atoms with E-state index in [2.05, 4.69) is 0 Å². The van der Waals surface area contributed by atoms with E-state index in [1.54, 1.807) is 4.67 Å². The van der Waals surface area contributed by atoms with Gasteiger partial charge in [0.15, 0.2) is 0 Å². The Morgan fingerprint density at radius 1 is 1.31 bits per heavy atom. The molecule has 1 unspecified atom stereocenters. The molecule has 13 heavy (non-hydrogen) atoms. The molecule has 0 spiro atoms. The smallest absolute Gasteiger partial charge is 0.297 e. The summed E-state index contributed by atoms with van der Waals surface area (Å²) in [7, 11) is -2.97. The molecule has 0 radical (unpaired) electrons. The van der Waals surface area contributed by atoms with Crippen LogP contribution in [0.15, 0.2) is 0 Å². The van der Waals surface area contributed by atoms with Crippen molar-refractivity contribution in [2.45, 2.75) is 33.2 Å². The first-order valence-corrected chi connectivity index (χ1v) is 6.13. The third-order valence-electron chi connectivity index (χ3n) is 2.01. The highest BCUT2D eigenvalue weighted by molar-refractivity contribution is 7.51. The van der Waals surface area contributed by atoms with Gasteiger partial charge in [0.1, 0.15) is 0 Å².